The fourth-order valence-electron chi connectivity index (χ4n) is 1.70. The van der Waals surface area contributed by atoms with Gasteiger partial charge in [-0.05, 0) is 24.1 Å². The molecular weight excluding hydrogens is 224 g/mol. The van der Waals surface area contributed by atoms with Gasteiger partial charge in [-0.2, -0.15) is 0 Å². The predicted molar refractivity (Wildman–Crippen MR) is 74.6 cm³/mol. The molecule has 2 aromatic rings. The van der Waals surface area contributed by atoms with E-state index in [0.29, 0.717) is 6.61 Å². The molecule has 0 radical (unpaired) electrons. The average molecular weight is 242 g/mol. The molecule has 0 aromatic heterocycles. The molecular formula is C15H18N2O. The van der Waals surface area contributed by atoms with Crippen LogP contribution in [-0.2, 0) is 6.61 Å². The van der Waals surface area contributed by atoms with Crippen molar-refractivity contribution in [2.45, 2.75) is 13.5 Å². The number of benzene rings is 2. The molecule has 0 aliphatic heterocycles. The normalized spacial score (nSPS) is 10.1. The van der Waals surface area contributed by atoms with Crippen LogP contribution in [-0.4, -0.2) is 7.05 Å². The topological polar surface area (TPSA) is 33.3 Å². The van der Waals surface area contributed by atoms with Crippen LogP contribution in [0.1, 0.15) is 11.1 Å². The van der Waals surface area contributed by atoms with Crippen LogP contribution in [0.3, 0.4) is 0 Å². The third-order valence-electron chi connectivity index (χ3n) is 2.72. The van der Waals surface area contributed by atoms with Gasteiger partial charge in [0.05, 0.1) is 5.69 Å². The first-order valence-corrected chi connectivity index (χ1v) is 6.00. The molecule has 0 fully saturated rings. The van der Waals surface area contributed by atoms with Gasteiger partial charge in [-0.15, -0.1) is 0 Å². The zero-order valence-electron chi connectivity index (χ0n) is 10.7. The van der Waals surface area contributed by atoms with Crippen LogP contribution in [0, 0.1) is 6.92 Å². The Morgan fingerprint density at radius 1 is 1.06 bits per heavy atom. The minimum absolute atomic E-state index is 0.586. The quantitative estimate of drug-likeness (QED) is 0.790. The summed E-state index contributed by atoms with van der Waals surface area (Å²) in [6, 6.07) is 16.2. The van der Waals surface area contributed by atoms with Crippen LogP contribution in [0.5, 0.6) is 5.75 Å². The van der Waals surface area contributed by atoms with Crippen molar-refractivity contribution in [3.63, 3.8) is 0 Å². The summed E-state index contributed by atoms with van der Waals surface area (Å²) in [7, 11) is 1.84. The van der Waals surface area contributed by atoms with E-state index in [4.69, 9.17) is 4.74 Å². The highest BCUT2D eigenvalue weighted by atomic mass is 16.5. The lowest BCUT2D eigenvalue weighted by atomic mass is 10.2. The Balaban J connectivity index is 2.03. The van der Waals surface area contributed by atoms with Crippen molar-refractivity contribution in [3.8, 4) is 5.75 Å². The monoisotopic (exact) mass is 242 g/mol. The third-order valence-corrected chi connectivity index (χ3v) is 2.72. The van der Waals surface area contributed by atoms with E-state index < -0.39 is 0 Å². The molecule has 3 nitrogen and oxygen atoms in total. The highest BCUT2D eigenvalue weighted by molar-refractivity contribution is 5.53. The zero-order valence-corrected chi connectivity index (χ0v) is 10.7. The van der Waals surface area contributed by atoms with Gasteiger partial charge < -0.3 is 10.2 Å². The smallest absolute Gasteiger partial charge is 0.121 e. The molecule has 0 saturated carbocycles. The molecule has 2 rings (SSSR count). The number of rotatable bonds is 5. The van der Waals surface area contributed by atoms with E-state index in [1.54, 1.807) is 0 Å². The lowest BCUT2D eigenvalue weighted by Crippen LogP contribution is -2.15. The SMILES string of the molecule is CNNc1cc(OCc2ccccc2)ccc1C. The molecule has 0 heterocycles. The average Bonchev–Trinajstić information content (AvgIpc) is 2.41. The van der Waals surface area contributed by atoms with Crippen molar-refractivity contribution < 1.29 is 4.74 Å². The number of hydrogen-bond acceptors (Lipinski definition) is 3. The minimum atomic E-state index is 0.586. The van der Waals surface area contributed by atoms with Crippen molar-refractivity contribution >= 4 is 5.69 Å². The second-order valence-corrected chi connectivity index (χ2v) is 4.13. The number of hydrogen-bond donors (Lipinski definition) is 2. The van der Waals surface area contributed by atoms with Crippen molar-refractivity contribution in [1.29, 1.82) is 0 Å². The Morgan fingerprint density at radius 2 is 1.83 bits per heavy atom. The maximum Gasteiger partial charge on any atom is 0.121 e. The second-order valence-electron chi connectivity index (χ2n) is 4.13. The highest BCUT2D eigenvalue weighted by Gasteiger charge is 2.00. The first-order chi connectivity index (χ1) is 8.79. The van der Waals surface area contributed by atoms with Gasteiger partial charge in [0, 0.05) is 13.1 Å². The maximum atomic E-state index is 5.77. The summed E-state index contributed by atoms with van der Waals surface area (Å²) in [6.45, 7) is 2.64. The molecule has 94 valence electrons. The van der Waals surface area contributed by atoms with E-state index in [2.05, 4.69) is 29.9 Å². The Labute approximate surface area is 108 Å². The molecule has 0 unspecified atom stereocenters. The molecule has 2 aromatic carbocycles. The van der Waals surface area contributed by atoms with Crippen LogP contribution in [0.4, 0.5) is 5.69 Å². The molecule has 0 saturated heterocycles. The number of ether oxygens (including phenoxy) is 1. The van der Waals surface area contributed by atoms with E-state index in [-0.39, 0.29) is 0 Å². The lowest BCUT2D eigenvalue weighted by Gasteiger charge is -2.11. The van der Waals surface area contributed by atoms with E-state index in [1.165, 1.54) is 11.1 Å². The molecule has 0 spiro atoms. The summed E-state index contributed by atoms with van der Waals surface area (Å²) < 4.78 is 5.77. The second kappa shape index (κ2) is 6.07. The first-order valence-electron chi connectivity index (χ1n) is 6.00. The minimum Gasteiger partial charge on any atom is -0.489 e. The molecule has 0 atom stereocenters. The van der Waals surface area contributed by atoms with Gasteiger partial charge in [-0.1, -0.05) is 36.4 Å². The Hall–Kier alpha value is -2.00. The summed E-state index contributed by atoms with van der Waals surface area (Å²) in [5, 5.41) is 0. The molecule has 0 aliphatic rings. The fraction of sp³-hybridized carbons (Fsp3) is 0.200. The number of nitrogens with one attached hydrogen (secondary N) is 2. The van der Waals surface area contributed by atoms with E-state index in [1.807, 2.05) is 43.4 Å². The van der Waals surface area contributed by atoms with Gasteiger partial charge in [-0.3, -0.25) is 0 Å². The lowest BCUT2D eigenvalue weighted by molar-refractivity contribution is 0.306. The van der Waals surface area contributed by atoms with Crippen LogP contribution in [0.25, 0.3) is 0 Å². The predicted octanol–water partition coefficient (Wildman–Crippen LogP) is 3.12. The standard InChI is InChI=1S/C15H18N2O/c1-12-8-9-14(10-15(12)17-16-2)18-11-13-6-4-3-5-7-13/h3-10,16-17H,11H2,1-2H3. The first kappa shape index (κ1) is 12.5. The Morgan fingerprint density at radius 3 is 2.56 bits per heavy atom. The van der Waals surface area contributed by atoms with Gasteiger partial charge in [0.1, 0.15) is 12.4 Å². The summed E-state index contributed by atoms with van der Waals surface area (Å²) >= 11 is 0. The molecule has 2 N–H and O–H groups in total. The highest BCUT2D eigenvalue weighted by Crippen LogP contribution is 2.22. The molecule has 0 amide bonds. The van der Waals surface area contributed by atoms with Crippen LogP contribution < -0.4 is 15.6 Å². The zero-order chi connectivity index (χ0) is 12.8. The van der Waals surface area contributed by atoms with Crippen molar-refractivity contribution in [3.05, 3.63) is 59.7 Å². The van der Waals surface area contributed by atoms with Crippen LogP contribution in [0.2, 0.25) is 0 Å². The van der Waals surface area contributed by atoms with Crippen molar-refractivity contribution in [2.75, 3.05) is 12.5 Å². The Bertz CT molecular complexity index is 497. The number of hydrazine groups is 1. The van der Waals surface area contributed by atoms with Crippen molar-refractivity contribution in [2.24, 2.45) is 0 Å². The van der Waals surface area contributed by atoms with Gasteiger partial charge in [0.2, 0.25) is 0 Å². The van der Waals surface area contributed by atoms with E-state index in [9.17, 15) is 0 Å². The summed E-state index contributed by atoms with van der Waals surface area (Å²) in [4.78, 5) is 0. The Kier molecular flexibility index (Phi) is 4.20. The summed E-state index contributed by atoms with van der Waals surface area (Å²) in [5.74, 6) is 0.863. The summed E-state index contributed by atoms with van der Waals surface area (Å²) in [6.07, 6.45) is 0. The largest absolute Gasteiger partial charge is 0.489 e. The van der Waals surface area contributed by atoms with E-state index >= 15 is 0 Å². The molecule has 0 aliphatic carbocycles. The fourth-order valence-corrected chi connectivity index (χ4v) is 1.70. The maximum absolute atomic E-state index is 5.77. The molecule has 18 heavy (non-hydrogen) atoms. The van der Waals surface area contributed by atoms with Crippen LogP contribution in [0.15, 0.2) is 48.5 Å². The van der Waals surface area contributed by atoms with Gasteiger partial charge >= 0.3 is 0 Å². The van der Waals surface area contributed by atoms with Gasteiger partial charge in [0.15, 0.2) is 0 Å². The van der Waals surface area contributed by atoms with Gasteiger partial charge in [-0.25, -0.2) is 5.43 Å². The molecule has 3 heteroatoms. The van der Waals surface area contributed by atoms with Crippen molar-refractivity contribution in [1.82, 2.24) is 5.43 Å². The molecule has 0 bridgehead atoms. The number of anilines is 1. The van der Waals surface area contributed by atoms with Crippen LogP contribution >= 0.6 is 0 Å². The number of aryl methyl sites for hydroxylation is 1. The van der Waals surface area contributed by atoms with Gasteiger partial charge in [0.25, 0.3) is 0 Å². The van der Waals surface area contributed by atoms with E-state index in [0.717, 1.165) is 11.4 Å². The third kappa shape index (κ3) is 3.25. The summed E-state index contributed by atoms with van der Waals surface area (Å²) in [5.41, 5.74) is 9.38.